The van der Waals surface area contributed by atoms with E-state index in [1.165, 1.54) is 0 Å². The molecule has 2 aromatic rings. The first-order valence-electron chi connectivity index (χ1n) is 7.43. The first-order valence-corrected chi connectivity index (χ1v) is 7.43. The number of aromatic hydroxyl groups is 1. The standard InChI is InChI=1S/C17H22N2O2/c18-11-5-1-2-6-12-19-17(21)15-10-9-13-7-3-4-8-14(13)16(15)20/h3-4,7-10,20H,1-2,5-6,11-12,18H2,(H,19,21). The molecule has 112 valence electrons. The Morgan fingerprint density at radius 2 is 1.81 bits per heavy atom. The molecular weight excluding hydrogens is 264 g/mol. The van der Waals surface area contributed by atoms with E-state index in [9.17, 15) is 9.90 Å². The molecule has 0 bridgehead atoms. The summed E-state index contributed by atoms with van der Waals surface area (Å²) in [5.74, 6) is -0.175. The summed E-state index contributed by atoms with van der Waals surface area (Å²) in [5, 5.41) is 14.7. The molecule has 2 rings (SSSR count). The van der Waals surface area contributed by atoms with Crippen molar-refractivity contribution in [3.05, 3.63) is 42.0 Å². The van der Waals surface area contributed by atoms with Gasteiger partial charge in [-0.25, -0.2) is 0 Å². The van der Waals surface area contributed by atoms with Crippen LogP contribution in [0.2, 0.25) is 0 Å². The van der Waals surface area contributed by atoms with Gasteiger partial charge in [-0.3, -0.25) is 4.79 Å². The van der Waals surface area contributed by atoms with Crippen LogP contribution in [0.3, 0.4) is 0 Å². The predicted molar refractivity (Wildman–Crippen MR) is 85.5 cm³/mol. The molecule has 4 heteroatoms. The number of benzene rings is 2. The van der Waals surface area contributed by atoms with E-state index in [2.05, 4.69) is 5.32 Å². The van der Waals surface area contributed by atoms with Gasteiger partial charge >= 0.3 is 0 Å². The van der Waals surface area contributed by atoms with Crippen LogP contribution in [0.15, 0.2) is 36.4 Å². The molecule has 0 saturated heterocycles. The number of nitrogens with one attached hydrogen (secondary N) is 1. The van der Waals surface area contributed by atoms with Gasteiger partial charge in [0.15, 0.2) is 0 Å². The van der Waals surface area contributed by atoms with Gasteiger partial charge in [0.05, 0.1) is 5.56 Å². The van der Waals surface area contributed by atoms with E-state index >= 15 is 0 Å². The number of carbonyl (C=O) groups excluding carboxylic acids is 1. The number of hydrogen-bond acceptors (Lipinski definition) is 3. The molecule has 21 heavy (non-hydrogen) atoms. The Labute approximate surface area is 125 Å². The molecule has 0 fully saturated rings. The molecule has 2 aromatic carbocycles. The molecule has 0 aliphatic heterocycles. The summed E-state index contributed by atoms with van der Waals surface area (Å²) in [4.78, 5) is 12.1. The lowest BCUT2D eigenvalue weighted by atomic mass is 10.0. The van der Waals surface area contributed by atoms with Gasteiger partial charge in [-0.05, 0) is 30.8 Å². The quantitative estimate of drug-likeness (QED) is 0.685. The highest BCUT2D eigenvalue weighted by atomic mass is 16.3. The lowest BCUT2D eigenvalue weighted by Gasteiger charge is -2.09. The van der Waals surface area contributed by atoms with Gasteiger partial charge in [0.2, 0.25) is 0 Å². The Kier molecular flexibility index (Phi) is 5.58. The fraction of sp³-hybridized carbons (Fsp3) is 0.353. The number of nitrogens with two attached hydrogens (primary N) is 1. The number of carbonyl (C=O) groups is 1. The van der Waals surface area contributed by atoms with Crippen LogP contribution in [0.5, 0.6) is 5.75 Å². The average molecular weight is 286 g/mol. The van der Waals surface area contributed by atoms with Crippen LogP contribution in [0.4, 0.5) is 0 Å². The minimum atomic E-state index is -0.225. The Morgan fingerprint density at radius 1 is 1.05 bits per heavy atom. The molecule has 4 nitrogen and oxygen atoms in total. The van der Waals surface area contributed by atoms with E-state index in [-0.39, 0.29) is 11.7 Å². The Morgan fingerprint density at radius 3 is 2.62 bits per heavy atom. The maximum Gasteiger partial charge on any atom is 0.255 e. The van der Waals surface area contributed by atoms with Gasteiger partial charge in [-0.2, -0.15) is 0 Å². The van der Waals surface area contributed by atoms with Crippen molar-refractivity contribution in [1.82, 2.24) is 5.32 Å². The summed E-state index contributed by atoms with van der Waals surface area (Å²) >= 11 is 0. The van der Waals surface area contributed by atoms with E-state index in [1.54, 1.807) is 6.07 Å². The second-order valence-electron chi connectivity index (χ2n) is 5.14. The molecule has 0 unspecified atom stereocenters. The fourth-order valence-electron chi connectivity index (χ4n) is 2.36. The Balaban J connectivity index is 1.95. The molecule has 0 radical (unpaired) electrons. The zero-order valence-corrected chi connectivity index (χ0v) is 12.1. The SMILES string of the molecule is NCCCCCCNC(=O)c1ccc2ccccc2c1O. The van der Waals surface area contributed by atoms with Gasteiger partial charge in [-0.1, -0.05) is 43.2 Å². The lowest BCUT2D eigenvalue weighted by molar-refractivity contribution is 0.0950. The van der Waals surface area contributed by atoms with Crippen molar-refractivity contribution in [1.29, 1.82) is 0 Å². The summed E-state index contributed by atoms with van der Waals surface area (Å²) in [5.41, 5.74) is 5.76. The summed E-state index contributed by atoms with van der Waals surface area (Å²) in [6, 6.07) is 11.0. The molecular formula is C17H22N2O2. The largest absolute Gasteiger partial charge is 0.506 e. The lowest BCUT2D eigenvalue weighted by Crippen LogP contribution is -2.24. The average Bonchev–Trinajstić information content (AvgIpc) is 2.51. The summed E-state index contributed by atoms with van der Waals surface area (Å²) in [6.45, 7) is 1.34. The number of amides is 1. The van der Waals surface area contributed by atoms with E-state index in [4.69, 9.17) is 5.73 Å². The highest BCUT2D eigenvalue weighted by molar-refractivity contribution is 6.03. The van der Waals surface area contributed by atoms with Crippen LogP contribution in [0.25, 0.3) is 10.8 Å². The van der Waals surface area contributed by atoms with Crippen molar-refractivity contribution in [2.75, 3.05) is 13.1 Å². The van der Waals surface area contributed by atoms with Gasteiger partial charge in [0.25, 0.3) is 5.91 Å². The maximum atomic E-state index is 12.1. The fourth-order valence-corrected chi connectivity index (χ4v) is 2.36. The number of hydrogen-bond donors (Lipinski definition) is 3. The Hall–Kier alpha value is -2.07. The minimum Gasteiger partial charge on any atom is -0.506 e. The molecule has 4 N–H and O–H groups in total. The first kappa shape index (κ1) is 15.3. The molecule has 0 atom stereocenters. The smallest absolute Gasteiger partial charge is 0.255 e. The molecule has 0 heterocycles. The van der Waals surface area contributed by atoms with Crippen molar-refractivity contribution < 1.29 is 9.90 Å². The van der Waals surface area contributed by atoms with Gasteiger partial charge in [0, 0.05) is 11.9 Å². The van der Waals surface area contributed by atoms with Crippen molar-refractivity contribution in [2.45, 2.75) is 25.7 Å². The highest BCUT2D eigenvalue weighted by Crippen LogP contribution is 2.28. The predicted octanol–water partition coefficient (Wildman–Crippen LogP) is 2.79. The molecule has 1 amide bonds. The third kappa shape index (κ3) is 3.95. The minimum absolute atomic E-state index is 0.0498. The first-order chi connectivity index (χ1) is 10.2. The third-order valence-corrected chi connectivity index (χ3v) is 3.56. The maximum absolute atomic E-state index is 12.1. The number of phenolic OH excluding ortho intramolecular Hbond substituents is 1. The van der Waals surface area contributed by atoms with Gasteiger partial charge in [0.1, 0.15) is 5.75 Å². The van der Waals surface area contributed by atoms with Crippen LogP contribution in [-0.2, 0) is 0 Å². The van der Waals surface area contributed by atoms with Crippen LogP contribution < -0.4 is 11.1 Å². The Bertz CT molecular complexity index is 611. The number of phenols is 1. The van der Waals surface area contributed by atoms with E-state index in [0.717, 1.165) is 37.6 Å². The second kappa shape index (κ2) is 7.64. The second-order valence-corrected chi connectivity index (χ2v) is 5.14. The monoisotopic (exact) mass is 286 g/mol. The van der Waals surface area contributed by atoms with Crippen molar-refractivity contribution in [3.8, 4) is 5.75 Å². The van der Waals surface area contributed by atoms with Crippen LogP contribution in [0, 0.1) is 0 Å². The normalized spacial score (nSPS) is 10.7. The van der Waals surface area contributed by atoms with E-state index in [0.29, 0.717) is 17.5 Å². The molecule has 0 spiro atoms. The van der Waals surface area contributed by atoms with Crippen molar-refractivity contribution >= 4 is 16.7 Å². The van der Waals surface area contributed by atoms with Crippen LogP contribution in [0.1, 0.15) is 36.0 Å². The van der Waals surface area contributed by atoms with Gasteiger partial charge in [-0.15, -0.1) is 0 Å². The number of unbranched alkanes of at least 4 members (excludes halogenated alkanes) is 3. The zero-order valence-electron chi connectivity index (χ0n) is 12.1. The number of fused-ring (bicyclic) bond motifs is 1. The summed E-state index contributed by atoms with van der Waals surface area (Å²) < 4.78 is 0. The highest BCUT2D eigenvalue weighted by Gasteiger charge is 2.12. The topological polar surface area (TPSA) is 75.3 Å². The molecule has 0 saturated carbocycles. The van der Waals surface area contributed by atoms with Crippen molar-refractivity contribution in [2.24, 2.45) is 5.73 Å². The third-order valence-electron chi connectivity index (χ3n) is 3.56. The molecule has 0 aliphatic carbocycles. The van der Waals surface area contributed by atoms with E-state index < -0.39 is 0 Å². The van der Waals surface area contributed by atoms with Crippen molar-refractivity contribution in [3.63, 3.8) is 0 Å². The summed E-state index contributed by atoms with van der Waals surface area (Å²) in [6.07, 6.45) is 4.11. The van der Waals surface area contributed by atoms with Gasteiger partial charge < -0.3 is 16.2 Å². The number of rotatable bonds is 7. The molecule has 0 aliphatic rings. The van der Waals surface area contributed by atoms with Crippen LogP contribution >= 0.6 is 0 Å². The summed E-state index contributed by atoms with van der Waals surface area (Å²) in [7, 11) is 0. The zero-order chi connectivity index (χ0) is 15.1. The van der Waals surface area contributed by atoms with Crippen LogP contribution in [-0.4, -0.2) is 24.1 Å². The molecule has 0 aromatic heterocycles. The van der Waals surface area contributed by atoms with E-state index in [1.807, 2.05) is 30.3 Å².